The van der Waals surface area contributed by atoms with Gasteiger partial charge in [0, 0.05) is 30.9 Å². The fourth-order valence-electron chi connectivity index (χ4n) is 4.43. The maximum Gasteiger partial charge on any atom is 0.222 e. The number of nitrogens with two attached hydrogens (primary N) is 1. The van der Waals surface area contributed by atoms with Crippen molar-refractivity contribution in [3.05, 3.63) is 51.7 Å². The normalized spacial score (nSPS) is 21.1. The molecule has 2 N–H and O–H groups in total. The molecular formula is C20H24FN3O2S. The summed E-state index contributed by atoms with van der Waals surface area (Å²) in [5, 5.41) is 1.96. The molecule has 0 bridgehead atoms. The predicted molar refractivity (Wildman–Crippen MR) is 102 cm³/mol. The van der Waals surface area contributed by atoms with Gasteiger partial charge in [0.25, 0.3) is 0 Å². The molecule has 2 unspecified atom stereocenters. The van der Waals surface area contributed by atoms with Crippen LogP contribution in [0.15, 0.2) is 29.1 Å². The second-order valence-corrected chi connectivity index (χ2v) is 8.27. The molecule has 2 aromatic rings. The number of aromatic nitrogens is 1. The number of thiazole rings is 1. The third-order valence-corrected chi connectivity index (χ3v) is 6.74. The maximum absolute atomic E-state index is 13.8. The van der Waals surface area contributed by atoms with Gasteiger partial charge in [0.15, 0.2) is 0 Å². The first-order valence-electron chi connectivity index (χ1n) is 9.32. The summed E-state index contributed by atoms with van der Waals surface area (Å²) >= 11 is 1.52. The van der Waals surface area contributed by atoms with E-state index in [1.165, 1.54) is 17.4 Å². The van der Waals surface area contributed by atoms with E-state index in [1.54, 1.807) is 11.6 Å². The average molecular weight is 389 g/mol. The van der Waals surface area contributed by atoms with E-state index in [2.05, 4.69) is 16.8 Å². The predicted octanol–water partition coefficient (Wildman–Crippen LogP) is 2.84. The zero-order valence-electron chi connectivity index (χ0n) is 15.4. The fourth-order valence-corrected chi connectivity index (χ4v) is 5.00. The molecule has 4 rings (SSSR count). The zero-order chi connectivity index (χ0) is 19.0. The molecule has 0 radical (unpaired) electrons. The van der Waals surface area contributed by atoms with Crippen molar-refractivity contribution in [3.63, 3.8) is 0 Å². The third kappa shape index (κ3) is 3.51. The van der Waals surface area contributed by atoms with Gasteiger partial charge in [0.05, 0.1) is 29.3 Å². The number of halogens is 1. The molecule has 2 atom stereocenters. The second kappa shape index (κ2) is 7.30. The number of carbonyl (C=O) groups excluding carboxylic acids is 1. The number of carbonyl (C=O) groups is 1. The second-order valence-electron chi connectivity index (χ2n) is 7.55. The van der Waals surface area contributed by atoms with Gasteiger partial charge >= 0.3 is 0 Å². The quantitative estimate of drug-likeness (QED) is 0.854. The molecule has 1 fully saturated rings. The van der Waals surface area contributed by atoms with Gasteiger partial charge in [0.2, 0.25) is 5.91 Å². The lowest BCUT2D eigenvalue weighted by atomic mass is 9.82. The first kappa shape index (κ1) is 18.5. The first-order valence-corrected chi connectivity index (χ1v) is 10.3. The molecule has 3 heterocycles. The van der Waals surface area contributed by atoms with Gasteiger partial charge in [-0.25, -0.2) is 9.37 Å². The molecule has 1 saturated heterocycles. The minimum absolute atomic E-state index is 0.0231. The van der Waals surface area contributed by atoms with Gasteiger partial charge in [0.1, 0.15) is 5.82 Å². The molecule has 0 aliphatic carbocycles. The summed E-state index contributed by atoms with van der Waals surface area (Å²) in [7, 11) is 0. The fraction of sp³-hybridized carbons (Fsp3) is 0.500. The number of nitrogens with zero attached hydrogens (tertiary/aromatic N) is 2. The Bertz CT molecular complexity index is 819. The van der Waals surface area contributed by atoms with Crippen LogP contribution >= 0.6 is 11.3 Å². The van der Waals surface area contributed by atoms with Crippen molar-refractivity contribution in [3.8, 4) is 0 Å². The Kier molecular flexibility index (Phi) is 5.01. The monoisotopic (exact) mass is 389 g/mol. The van der Waals surface area contributed by atoms with Crippen LogP contribution in [-0.2, 0) is 28.2 Å². The number of amides is 1. The summed E-state index contributed by atoms with van der Waals surface area (Å²) in [5.41, 5.74) is 10.1. The van der Waals surface area contributed by atoms with Crippen molar-refractivity contribution in [1.29, 1.82) is 0 Å². The van der Waals surface area contributed by atoms with Crippen molar-refractivity contribution in [2.24, 2.45) is 11.7 Å². The van der Waals surface area contributed by atoms with Crippen LogP contribution in [0.3, 0.4) is 0 Å². The highest BCUT2D eigenvalue weighted by molar-refractivity contribution is 7.07. The largest absolute Gasteiger partial charge is 0.369 e. The summed E-state index contributed by atoms with van der Waals surface area (Å²) in [6.45, 7) is 4.18. The smallest absolute Gasteiger partial charge is 0.222 e. The lowest BCUT2D eigenvalue weighted by molar-refractivity contribution is -0.125. The zero-order valence-corrected chi connectivity index (χ0v) is 16.2. The van der Waals surface area contributed by atoms with E-state index in [1.807, 2.05) is 11.4 Å². The summed E-state index contributed by atoms with van der Waals surface area (Å²) in [6, 6.07) is 4.96. The molecule has 0 saturated carbocycles. The molecule has 1 amide bonds. The highest BCUT2D eigenvalue weighted by Gasteiger charge is 2.44. The Labute approximate surface area is 162 Å². The van der Waals surface area contributed by atoms with E-state index in [-0.39, 0.29) is 23.7 Å². The number of benzene rings is 1. The van der Waals surface area contributed by atoms with Crippen LogP contribution in [0.25, 0.3) is 0 Å². The molecule has 7 heteroatoms. The average Bonchev–Trinajstić information content (AvgIpc) is 3.29. The van der Waals surface area contributed by atoms with Crippen LogP contribution in [-0.4, -0.2) is 34.9 Å². The molecule has 2 aliphatic rings. The molecule has 1 spiro atoms. The van der Waals surface area contributed by atoms with Gasteiger partial charge in [-0.2, -0.15) is 0 Å². The van der Waals surface area contributed by atoms with E-state index in [4.69, 9.17) is 10.5 Å². The number of primary amides is 1. The van der Waals surface area contributed by atoms with Crippen molar-refractivity contribution in [1.82, 2.24) is 9.88 Å². The summed E-state index contributed by atoms with van der Waals surface area (Å²) in [4.78, 5) is 18.7. The Morgan fingerprint density at radius 3 is 2.89 bits per heavy atom. The topological polar surface area (TPSA) is 68.5 Å². The number of likely N-dealkylation sites (tertiary alicyclic amines) is 1. The van der Waals surface area contributed by atoms with Crippen molar-refractivity contribution in [2.45, 2.75) is 44.4 Å². The van der Waals surface area contributed by atoms with Gasteiger partial charge in [-0.3, -0.25) is 9.69 Å². The van der Waals surface area contributed by atoms with E-state index in [0.29, 0.717) is 13.0 Å². The number of piperidine rings is 1. The third-order valence-electron chi connectivity index (χ3n) is 6.11. The number of ether oxygens (including phenoxy) is 1. The van der Waals surface area contributed by atoms with Crippen LogP contribution in [0, 0.1) is 11.7 Å². The highest BCUT2D eigenvalue weighted by Crippen LogP contribution is 2.44. The van der Waals surface area contributed by atoms with Crippen LogP contribution in [0.1, 0.15) is 36.6 Å². The van der Waals surface area contributed by atoms with Crippen LogP contribution in [0.4, 0.5) is 4.39 Å². The van der Waals surface area contributed by atoms with E-state index >= 15 is 0 Å². The van der Waals surface area contributed by atoms with Crippen molar-refractivity contribution in [2.75, 3.05) is 13.1 Å². The molecule has 1 aromatic carbocycles. The van der Waals surface area contributed by atoms with Crippen LogP contribution in [0.2, 0.25) is 0 Å². The van der Waals surface area contributed by atoms with Gasteiger partial charge in [-0.1, -0.05) is 6.07 Å². The summed E-state index contributed by atoms with van der Waals surface area (Å²) in [6.07, 6.45) is 2.14. The van der Waals surface area contributed by atoms with Crippen molar-refractivity contribution < 1.29 is 13.9 Å². The molecule has 1 aromatic heterocycles. The SMILES string of the molecule is CC(C(Cc1cscn1)C(N)=O)N1CCC2(CC1)OCc1ccc(F)cc12. The lowest BCUT2D eigenvalue weighted by Gasteiger charge is -2.43. The maximum atomic E-state index is 13.8. The minimum atomic E-state index is -0.398. The Balaban J connectivity index is 1.46. The molecule has 144 valence electrons. The molecule has 5 nitrogen and oxygen atoms in total. The van der Waals surface area contributed by atoms with E-state index < -0.39 is 5.60 Å². The Hall–Kier alpha value is -1.83. The first-order chi connectivity index (χ1) is 13.0. The summed E-state index contributed by atoms with van der Waals surface area (Å²) < 4.78 is 19.9. The summed E-state index contributed by atoms with van der Waals surface area (Å²) in [5.74, 6) is -0.790. The molecular weight excluding hydrogens is 365 g/mol. The highest BCUT2D eigenvalue weighted by atomic mass is 32.1. The van der Waals surface area contributed by atoms with Gasteiger partial charge in [-0.05, 0) is 43.0 Å². The lowest BCUT2D eigenvalue weighted by Crippen LogP contribution is -2.51. The number of hydrogen-bond donors (Lipinski definition) is 1. The van der Waals surface area contributed by atoms with Gasteiger partial charge in [-0.15, -0.1) is 11.3 Å². The van der Waals surface area contributed by atoms with Crippen molar-refractivity contribution >= 4 is 17.2 Å². The van der Waals surface area contributed by atoms with Gasteiger partial charge < -0.3 is 10.5 Å². The van der Waals surface area contributed by atoms with E-state index in [0.717, 1.165) is 42.8 Å². The number of hydrogen-bond acceptors (Lipinski definition) is 5. The minimum Gasteiger partial charge on any atom is -0.369 e. The number of rotatable bonds is 5. The van der Waals surface area contributed by atoms with Crippen LogP contribution in [0.5, 0.6) is 0 Å². The Morgan fingerprint density at radius 2 is 2.22 bits per heavy atom. The Morgan fingerprint density at radius 1 is 1.44 bits per heavy atom. The van der Waals surface area contributed by atoms with Crippen LogP contribution < -0.4 is 5.73 Å². The standard InChI is InChI=1S/C20H24FN3O2S/c1-13(17(19(22)25)9-16-11-27-12-23-16)24-6-4-20(5-7-24)18-8-15(21)3-2-14(18)10-26-20/h2-3,8,11-13,17H,4-7,9-10H2,1H3,(H2,22,25). The molecule has 27 heavy (non-hydrogen) atoms. The van der Waals surface area contributed by atoms with E-state index in [9.17, 15) is 9.18 Å². The number of fused-ring (bicyclic) bond motifs is 2. The molecule has 2 aliphatic heterocycles.